The van der Waals surface area contributed by atoms with Crippen molar-refractivity contribution in [1.82, 2.24) is 5.16 Å². The third-order valence-electron chi connectivity index (χ3n) is 3.39. The van der Waals surface area contributed by atoms with Gasteiger partial charge in [-0.3, -0.25) is 10.1 Å². The molecule has 0 saturated carbocycles. The first-order valence-corrected chi connectivity index (χ1v) is 6.78. The van der Waals surface area contributed by atoms with Gasteiger partial charge in [0.15, 0.2) is 5.76 Å². The van der Waals surface area contributed by atoms with Gasteiger partial charge in [-0.05, 0) is 24.3 Å². The molecular weight excluding hydrogens is 308 g/mol. The van der Waals surface area contributed by atoms with Gasteiger partial charge >= 0.3 is 0 Å². The second-order valence-electron chi connectivity index (χ2n) is 4.87. The summed E-state index contributed by atoms with van der Waals surface area (Å²) in [5, 5.41) is 33.0. The fourth-order valence-electron chi connectivity index (χ4n) is 2.25. The lowest BCUT2D eigenvalue weighted by molar-refractivity contribution is -0.384. The molecule has 1 aromatic heterocycles. The number of hydrogen-bond donors (Lipinski definition) is 0. The standard InChI is InChI=1S/C17H8N4O3/c18-9-11-2-1-3-13(6-11)15-8-17(24-20-15)14-7-12(10-19)4-5-16(14)21(22)23/h1-8H. The molecule has 114 valence electrons. The van der Waals surface area contributed by atoms with Crippen molar-refractivity contribution in [3.05, 3.63) is 69.8 Å². The largest absolute Gasteiger partial charge is 0.355 e. The van der Waals surface area contributed by atoms with Crippen LogP contribution >= 0.6 is 0 Å². The van der Waals surface area contributed by atoms with Crippen LogP contribution in [0.4, 0.5) is 5.69 Å². The lowest BCUT2D eigenvalue weighted by Gasteiger charge is -1.99. The summed E-state index contributed by atoms with van der Waals surface area (Å²) in [4.78, 5) is 10.6. The van der Waals surface area contributed by atoms with E-state index >= 15 is 0 Å². The lowest BCUT2D eigenvalue weighted by atomic mass is 10.0. The Kier molecular flexibility index (Phi) is 3.76. The summed E-state index contributed by atoms with van der Waals surface area (Å²) in [6.45, 7) is 0. The van der Waals surface area contributed by atoms with Crippen molar-refractivity contribution in [2.45, 2.75) is 0 Å². The summed E-state index contributed by atoms with van der Waals surface area (Å²) < 4.78 is 5.22. The van der Waals surface area contributed by atoms with E-state index in [1.807, 2.05) is 12.1 Å². The Morgan fingerprint density at radius 1 is 1.04 bits per heavy atom. The van der Waals surface area contributed by atoms with Crippen LogP contribution in [-0.4, -0.2) is 10.1 Å². The van der Waals surface area contributed by atoms with Crippen LogP contribution in [0.1, 0.15) is 11.1 Å². The number of rotatable bonds is 3. The van der Waals surface area contributed by atoms with Crippen molar-refractivity contribution in [2.24, 2.45) is 0 Å². The van der Waals surface area contributed by atoms with Crippen molar-refractivity contribution >= 4 is 5.69 Å². The lowest BCUT2D eigenvalue weighted by Crippen LogP contribution is -1.92. The molecule has 0 N–H and O–H groups in total. The molecule has 0 saturated heterocycles. The Morgan fingerprint density at radius 3 is 2.50 bits per heavy atom. The molecule has 1 heterocycles. The number of nitrogens with zero attached hydrogens (tertiary/aromatic N) is 4. The van der Waals surface area contributed by atoms with Gasteiger partial charge in [0.1, 0.15) is 5.69 Å². The zero-order valence-electron chi connectivity index (χ0n) is 12.1. The summed E-state index contributed by atoms with van der Waals surface area (Å²) >= 11 is 0. The van der Waals surface area contributed by atoms with Crippen molar-refractivity contribution in [3.63, 3.8) is 0 Å². The quantitative estimate of drug-likeness (QED) is 0.537. The zero-order valence-corrected chi connectivity index (χ0v) is 12.1. The predicted octanol–water partition coefficient (Wildman–Crippen LogP) is 3.66. The van der Waals surface area contributed by atoms with Gasteiger partial charge in [-0.1, -0.05) is 17.3 Å². The molecule has 3 aromatic rings. The maximum Gasteiger partial charge on any atom is 0.280 e. The van der Waals surface area contributed by atoms with Crippen molar-refractivity contribution in [2.75, 3.05) is 0 Å². The van der Waals surface area contributed by atoms with E-state index in [1.54, 1.807) is 30.3 Å². The second kappa shape index (κ2) is 6.03. The van der Waals surface area contributed by atoms with Gasteiger partial charge in [0.2, 0.25) is 0 Å². The van der Waals surface area contributed by atoms with Crippen molar-refractivity contribution in [3.8, 4) is 34.7 Å². The van der Waals surface area contributed by atoms with E-state index in [1.165, 1.54) is 18.2 Å². The molecule has 0 fully saturated rings. The highest BCUT2D eigenvalue weighted by Crippen LogP contribution is 2.33. The fraction of sp³-hybridized carbons (Fsp3) is 0. The minimum atomic E-state index is -0.547. The molecule has 0 atom stereocenters. The number of hydrogen-bond acceptors (Lipinski definition) is 6. The maximum absolute atomic E-state index is 11.2. The molecule has 24 heavy (non-hydrogen) atoms. The molecule has 2 aromatic carbocycles. The van der Waals surface area contributed by atoms with E-state index in [0.29, 0.717) is 16.8 Å². The fourth-order valence-corrected chi connectivity index (χ4v) is 2.25. The van der Waals surface area contributed by atoms with Crippen LogP contribution in [0.25, 0.3) is 22.6 Å². The van der Waals surface area contributed by atoms with Crippen LogP contribution in [0, 0.1) is 32.8 Å². The van der Waals surface area contributed by atoms with Gasteiger partial charge in [-0.2, -0.15) is 10.5 Å². The summed E-state index contributed by atoms with van der Waals surface area (Å²) in [7, 11) is 0. The maximum atomic E-state index is 11.2. The van der Waals surface area contributed by atoms with Crippen LogP contribution in [0.15, 0.2) is 53.1 Å². The molecule has 0 aliphatic heterocycles. The third kappa shape index (κ3) is 2.70. The van der Waals surface area contributed by atoms with Gasteiger partial charge in [-0.15, -0.1) is 0 Å². The van der Waals surface area contributed by atoms with Crippen LogP contribution in [0.3, 0.4) is 0 Å². The van der Waals surface area contributed by atoms with Crippen LogP contribution in [0.2, 0.25) is 0 Å². The Labute approximate surface area is 136 Å². The monoisotopic (exact) mass is 316 g/mol. The molecule has 7 heteroatoms. The number of aromatic nitrogens is 1. The number of nitriles is 2. The van der Waals surface area contributed by atoms with Crippen molar-refractivity contribution in [1.29, 1.82) is 10.5 Å². The van der Waals surface area contributed by atoms with Crippen LogP contribution < -0.4 is 0 Å². The Morgan fingerprint density at radius 2 is 1.79 bits per heavy atom. The van der Waals surface area contributed by atoms with Crippen LogP contribution in [0.5, 0.6) is 0 Å². The molecule has 0 unspecified atom stereocenters. The average Bonchev–Trinajstić information content (AvgIpc) is 3.11. The van der Waals surface area contributed by atoms with Gasteiger partial charge in [-0.25, -0.2) is 0 Å². The molecule has 0 amide bonds. The SMILES string of the molecule is N#Cc1cccc(-c2cc(-c3cc(C#N)ccc3[N+](=O)[O-])on2)c1. The van der Waals surface area contributed by atoms with Gasteiger partial charge in [0, 0.05) is 17.7 Å². The van der Waals surface area contributed by atoms with E-state index in [2.05, 4.69) is 5.16 Å². The summed E-state index contributed by atoms with van der Waals surface area (Å²) in [6, 6.07) is 16.3. The number of nitro benzene ring substituents is 1. The molecule has 0 radical (unpaired) electrons. The van der Waals surface area contributed by atoms with Gasteiger partial charge in [0.05, 0.1) is 33.8 Å². The smallest absolute Gasteiger partial charge is 0.280 e. The molecular formula is C17H8N4O3. The minimum Gasteiger partial charge on any atom is -0.355 e. The summed E-state index contributed by atoms with van der Waals surface area (Å²) in [5.74, 6) is 0.177. The first kappa shape index (κ1) is 14.9. The topological polar surface area (TPSA) is 117 Å². The van der Waals surface area contributed by atoms with E-state index in [0.717, 1.165) is 0 Å². The highest BCUT2D eigenvalue weighted by Gasteiger charge is 2.20. The van der Waals surface area contributed by atoms with Crippen molar-refractivity contribution < 1.29 is 9.45 Å². The first-order chi connectivity index (χ1) is 11.6. The van der Waals surface area contributed by atoms with Crippen LogP contribution in [-0.2, 0) is 0 Å². The normalized spacial score (nSPS) is 9.92. The van der Waals surface area contributed by atoms with E-state index in [9.17, 15) is 10.1 Å². The first-order valence-electron chi connectivity index (χ1n) is 6.78. The highest BCUT2D eigenvalue weighted by atomic mass is 16.6. The Hall–Kier alpha value is -3.97. The molecule has 0 aliphatic rings. The second-order valence-corrected chi connectivity index (χ2v) is 4.87. The number of nitro groups is 1. The highest BCUT2D eigenvalue weighted by molar-refractivity contribution is 5.74. The average molecular weight is 316 g/mol. The van der Waals surface area contributed by atoms with E-state index in [4.69, 9.17) is 15.0 Å². The molecule has 0 aliphatic carbocycles. The Balaban J connectivity index is 2.10. The Bertz CT molecular complexity index is 1020. The molecule has 3 rings (SSSR count). The zero-order chi connectivity index (χ0) is 17.1. The molecule has 0 bridgehead atoms. The third-order valence-corrected chi connectivity index (χ3v) is 3.39. The molecule has 7 nitrogen and oxygen atoms in total. The van der Waals surface area contributed by atoms with E-state index < -0.39 is 4.92 Å². The van der Waals surface area contributed by atoms with Gasteiger partial charge < -0.3 is 4.52 Å². The predicted molar refractivity (Wildman–Crippen MR) is 83.5 cm³/mol. The number of benzene rings is 2. The summed E-state index contributed by atoms with van der Waals surface area (Å²) in [5.41, 5.74) is 1.84. The van der Waals surface area contributed by atoms with E-state index in [-0.39, 0.29) is 22.6 Å². The summed E-state index contributed by atoms with van der Waals surface area (Å²) in [6.07, 6.45) is 0. The van der Waals surface area contributed by atoms with Gasteiger partial charge in [0.25, 0.3) is 5.69 Å². The minimum absolute atomic E-state index is 0.175. The molecule has 0 spiro atoms.